The van der Waals surface area contributed by atoms with Gasteiger partial charge in [-0.05, 0) is 25.8 Å². The summed E-state index contributed by atoms with van der Waals surface area (Å²) in [5.41, 5.74) is 7.12. The van der Waals surface area contributed by atoms with E-state index in [0.717, 1.165) is 5.69 Å². The number of aromatic nitrogens is 2. The third-order valence-electron chi connectivity index (χ3n) is 2.73. The Kier molecular flexibility index (Phi) is 2.83. The normalized spacial score (nSPS) is 27.1. The summed E-state index contributed by atoms with van der Waals surface area (Å²) in [6.45, 7) is 2.03. The van der Waals surface area contributed by atoms with Crippen LogP contribution in [0.2, 0.25) is 0 Å². The number of aryl methyl sites for hydroxylation is 2. The Balaban J connectivity index is 2.06. The first-order chi connectivity index (χ1) is 6.66. The summed E-state index contributed by atoms with van der Waals surface area (Å²) in [5, 5.41) is 6.16. The van der Waals surface area contributed by atoms with Gasteiger partial charge in [0.2, 0.25) is 0 Å². The fourth-order valence-corrected chi connectivity index (χ4v) is 3.29. The fourth-order valence-electron chi connectivity index (χ4n) is 1.95. The van der Waals surface area contributed by atoms with E-state index in [9.17, 15) is 0 Å². The molecule has 0 saturated heterocycles. The summed E-state index contributed by atoms with van der Waals surface area (Å²) in [7, 11) is 2.00. The van der Waals surface area contributed by atoms with Gasteiger partial charge in [0.15, 0.2) is 0 Å². The summed E-state index contributed by atoms with van der Waals surface area (Å²) in [5.74, 6) is 0. The van der Waals surface area contributed by atoms with Gasteiger partial charge in [0.1, 0.15) is 0 Å². The van der Waals surface area contributed by atoms with Crippen LogP contribution in [0.5, 0.6) is 0 Å². The van der Waals surface area contributed by atoms with E-state index in [2.05, 4.69) is 11.2 Å². The molecule has 1 aromatic heterocycles. The Hall–Kier alpha value is -0.480. The van der Waals surface area contributed by atoms with Crippen LogP contribution in [0.15, 0.2) is 11.1 Å². The van der Waals surface area contributed by atoms with Gasteiger partial charge in [0, 0.05) is 18.3 Å². The molecule has 2 atom stereocenters. The van der Waals surface area contributed by atoms with Gasteiger partial charge in [0.25, 0.3) is 0 Å². The second kappa shape index (κ2) is 3.95. The molecule has 2 N–H and O–H groups in total. The average Bonchev–Trinajstić information content (AvgIpc) is 2.62. The molecule has 1 aromatic rings. The molecule has 0 aliphatic heterocycles. The summed E-state index contributed by atoms with van der Waals surface area (Å²) >= 11 is 1.88. The minimum Gasteiger partial charge on any atom is -0.327 e. The SMILES string of the molecule is Cc1cc(SC2CCCC2N)n(C)n1. The first-order valence-corrected chi connectivity index (χ1v) is 5.97. The Morgan fingerprint density at radius 1 is 1.57 bits per heavy atom. The van der Waals surface area contributed by atoms with Crippen molar-refractivity contribution in [3.63, 3.8) is 0 Å². The number of hydrogen-bond acceptors (Lipinski definition) is 3. The second-order valence-corrected chi connectivity index (χ2v) is 5.26. The van der Waals surface area contributed by atoms with Crippen molar-refractivity contribution < 1.29 is 0 Å². The van der Waals surface area contributed by atoms with Crippen LogP contribution in [0.3, 0.4) is 0 Å². The van der Waals surface area contributed by atoms with Gasteiger partial charge in [-0.25, -0.2) is 0 Å². The van der Waals surface area contributed by atoms with Gasteiger partial charge in [-0.3, -0.25) is 4.68 Å². The molecule has 0 radical (unpaired) electrons. The number of nitrogens with two attached hydrogens (primary N) is 1. The van der Waals surface area contributed by atoms with Crippen molar-refractivity contribution in [1.29, 1.82) is 0 Å². The van der Waals surface area contributed by atoms with Gasteiger partial charge in [0.05, 0.1) is 10.7 Å². The van der Waals surface area contributed by atoms with Gasteiger partial charge in [-0.2, -0.15) is 5.10 Å². The fraction of sp³-hybridized carbons (Fsp3) is 0.700. The molecule has 0 aromatic carbocycles. The molecule has 4 heteroatoms. The predicted molar refractivity (Wildman–Crippen MR) is 59.4 cm³/mol. The maximum Gasteiger partial charge on any atom is 0.0942 e. The minimum absolute atomic E-state index is 0.371. The zero-order valence-electron chi connectivity index (χ0n) is 8.73. The molecule has 1 fully saturated rings. The van der Waals surface area contributed by atoms with E-state index in [1.807, 2.05) is 30.4 Å². The molecular formula is C10H17N3S. The summed E-state index contributed by atoms with van der Waals surface area (Å²) in [6.07, 6.45) is 3.69. The second-order valence-electron chi connectivity index (χ2n) is 4.00. The van der Waals surface area contributed by atoms with Crippen molar-refractivity contribution in [2.24, 2.45) is 12.8 Å². The molecule has 78 valence electrons. The van der Waals surface area contributed by atoms with Crippen LogP contribution in [0.4, 0.5) is 0 Å². The van der Waals surface area contributed by atoms with E-state index in [4.69, 9.17) is 5.73 Å². The standard InChI is InChI=1S/C10H17N3S/c1-7-6-10(13(2)12-7)14-9-5-3-4-8(9)11/h6,8-9H,3-5,11H2,1-2H3. The zero-order valence-corrected chi connectivity index (χ0v) is 9.55. The van der Waals surface area contributed by atoms with Crippen LogP contribution in [0, 0.1) is 6.92 Å². The van der Waals surface area contributed by atoms with Gasteiger partial charge >= 0.3 is 0 Å². The van der Waals surface area contributed by atoms with Crippen LogP contribution in [0.1, 0.15) is 25.0 Å². The molecule has 0 amide bonds. The number of hydrogen-bond donors (Lipinski definition) is 1. The minimum atomic E-state index is 0.371. The molecular weight excluding hydrogens is 194 g/mol. The molecule has 2 rings (SSSR count). The van der Waals surface area contributed by atoms with Crippen LogP contribution in [-0.2, 0) is 7.05 Å². The van der Waals surface area contributed by atoms with Crippen molar-refractivity contribution in [3.8, 4) is 0 Å². The molecule has 0 bridgehead atoms. The third kappa shape index (κ3) is 1.96. The molecule has 3 nitrogen and oxygen atoms in total. The molecule has 2 unspecified atom stereocenters. The molecule has 0 spiro atoms. The highest BCUT2D eigenvalue weighted by Gasteiger charge is 2.25. The lowest BCUT2D eigenvalue weighted by Crippen LogP contribution is -2.26. The number of thioether (sulfide) groups is 1. The number of nitrogens with zero attached hydrogens (tertiary/aromatic N) is 2. The van der Waals surface area contributed by atoms with E-state index >= 15 is 0 Å². The molecule has 1 heterocycles. The van der Waals surface area contributed by atoms with Crippen molar-refractivity contribution in [2.75, 3.05) is 0 Å². The lowest BCUT2D eigenvalue weighted by Gasteiger charge is -2.14. The lowest BCUT2D eigenvalue weighted by molar-refractivity contribution is 0.681. The summed E-state index contributed by atoms with van der Waals surface area (Å²) in [6, 6.07) is 2.51. The van der Waals surface area contributed by atoms with Crippen molar-refractivity contribution in [1.82, 2.24) is 9.78 Å². The quantitative estimate of drug-likeness (QED) is 0.809. The predicted octanol–water partition coefficient (Wildman–Crippen LogP) is 1.70. The van der Waals surface area contributed by atoms with Crippen LogP contribution in [-0.4, -0.2) is 21.1 Å². The van der Waals surface area contributed by atoms with Gasteiger partial charge in [-0.1, -0.05) is 6.42 Å². The zero-order chi connectivity index (χ0) is 10.1. The van der Waals surface area contributed by atoms with E-state index in [1.54, 1.807) is 0 Å². The Labute approximate surface area is 89.1 Å². The first-order valence-electron chi connectivity index (χ1n) is 5.09. The molecule has 1 aliphatic rings. The highest BCUT2D eigenvalue weighted by molar-refractivity contribution is 7.99. The van der Waals surface area contributed by atoms with E-state index in [0.29, 0.717) is 11.3 Å². The molecule has 1 aliphatic carbocycles. The van der Waals surface area contributed by atoms with Crippen LogP contribution >= 0.6 is 11.8 Å². The Morgan fingerprint density at radius 2 is 2.36 bits per heavy atom. The maximum absolute atomic E-state index is 6.03. The average molecular weight is 211 g/mol. The van der Waals surface area contributed by atoms with Gasteiger partial charge < -0.3 is 5.73 Å². The topological polar surface area (TPSA) is 43.8 Å². The summed E-state index contributed by atoms with van der Waals surface area (Å²) in [4.78, 5) is 0. The van der Waals surface area contributed by atoms with Crippen LogP contribution < -0.4 is 5.73 Å². The first kappa shape index (κ1) is 10.1. The molecule has 14 heavy (non-hydrogen) atoms. The molecule has 1 saturated carbocycles. The van der Waals surface area contributed by atoms with Crippen molar-refractivity contribution >= 4 is 11.8 Å². The lowest BCUT2D eigenvalue weighted by atomic mass is 10.3. The third-order valence-corrected chi connectivity index (χ3v) is 4.25. The largest absolute Gasteiger partial charge is 0.327 e. The highest BCUT2D eigenvalue weighted by atomic mass is 32.2. The van der Waals surface area contributed by atoms with E-state index < -0.39 is 0 Å². The highest BCUT2D eigenvalue weighted by Crippen LogP contribution is 2.33. The smallest absolute Gasteiger partial charge is 0.0942 e. The van der Waals surface area contributed by atoms with Gasteiger partial charge in [-0.15, -0.1) is 11.8 Å². The van der Waals surface area contributed by atoms with Crippen molar-refractivity contribution in [3.05, 3.63) is 11.8 Å². The van der Waals surface area contributed by atoms with E-state index in [1.165, 1.54) is 24.3 Å². The van der Waals surface area contributed by atoms with Crippen LogP contribution in [0.25, 0.3) is 0 Å². The Morgan fingerprint density at radius 3 is 2.86 bits per heavy atom. The van der Waals surface area contributed by atoms with Crippen molar-refractivity contribution in [2.45, 2.75) is 42.5 Å². The van der Waals surface area contributed by atoms with E-state index in [-0.39, 0.29) is 0 Å². The maximum atomic E-state index is 6.03. The monoisotopic (exact) mass is 211 g/mol. The summed E-state index contributed by atoms with van der Waals surface area (Å²) < 4.78 is 1.95. The number of rotatable bonds is 2. The Bertz CT molecular complexity index is 321.